The van der Waals surface area contributed by atoms with Crippen molar-refractivity contribution in [3.63, 3.8) is 0 Å². The van der Waals surface area contributed by atoms with E-state index in [1.807, 2.05) is 12.2 Å². The number of carbonyl (C=O) groups excluding carboxylic acids is 1. The SMILES string of the molecule is C=CC1CC(C=C)C(C(=O)OCCCCCCN2C=CN(C3[C@H](C)CC(C)C[C@H]3C)C2)C1. The van der Waals surface area contributed by atoms with Crippen LogP contribution < -0.4 is 0 Å². The lowest BCUT2D eigenvalue weighted by molar-refractivity contribution is -0.149. The Morgan fingerprint density at radius 2 is 1.69 bits per heavy atom. The molecule has 0 radical (unpaired) electrons. The van der Waals surface area contributed by atoms with E-state index in [0.29, 0.717) is 18.6 Å². The first-order valence-corrected chi connectivity index (χ1v) is 13.0. The van der Waals surface area contributed by atoms with Gasteiger partial charge in [-0.1, -0.05) is 39.3 Å². The Labute approximate surface area is 196 Å². The maximum atomic E-state index is 12.4. The Hall–Kier alpha value is -1.71. The summed E-state index contributed by atoms with van der Waals surface area (Å²) >= 11 is 0. The number of carbonyl (C=O) groups is 1. The van der Waals surface area contributed by atoms with Crippen LogP contribution >= 0.6 is 0 Å². The molecule has 0 aromatic heterocycles. The van der Waals surface area contributed by atoms with Crippen LogP contribution in [0.3, 0.4) is 0 Å². The number of rotatable bonds is 11. The molecule has 2 fully saturated rings. The zero-order valence-corrected chi connectivity index (χ0v) is 20.8. The van der Waals surface area contributed by atoms with E-state index in [4.69, 9.17) is 4.74 Å². The molecular weight excluding hydrogens is 396 g/mol. The van der Waals surface area contributed by atoms with Gasteiger partial charge in [-0.15, -0.1) is 13.2 Å². The molecule has 0 spiro atoms. The number of hydrogen-bond donors (Lipinski definition) is 0. The Morgan fingerprint density at radius 1 is 0.969 bits per heavy atom. The quantitative estimate of drug-likeness (QED) is 0.216. The molecule has 0 aromatic rings. The summed E-state index contributed by atoms with van der Waals surface area (Å²) in [4.78, 5) is 17.5. The molecule has 4 nitrogen and oxygen atoms in total. The van der Waals surface area contributed by atoms with Gasteiger partial charge in [0, 0.05) is 25.0 Å². The molecule has 0 bridgehead atoms. The number of allylic oxidation sites excluding steroid dienone is 2. The fourth-order valence-corrected chi connectivity index (χ4v) is 6.57. The second kappa shape index (κ2) is 12.0. The van der Waals surface area contributed by atoms with E-state index < -0.39 is 0 Å². The van der Waals surface area contributed by atoms with E-state index in [0.717, 1.165) is 56.7 Å². The van der Waals surface area contributed by atoms with Crippen molar-refractivity contribution in [1.82, 2.24) is 9.80 Å². The number of unbranched alkanes of at least 4 members (excludes halogenated alkanes) is 3. The van der Waals surface area contributed by atoms with E-state index >= 15 is 0 Å². The van der Waals surface area contributed by atoms with Crippen molar-refractivity contribution in [3.8, 4) is 0 Å². The van der Waals surface area contributed by atoms with Gasteiger partial charge in [0.1, 0.15) is 0 Å². The summed E-state index contributed by atoms with van der Waals surface area (Å²) in [6.45, 7) is 17.7. The summed E-state index contributed by atoms with van der Waals surface area (Å²) in [7, 11) is 0. The highest BCUT2D eigenvalue weighted by atomic mass is 16.5. The smallest absolute Gasteiger partial charge is 0.309 e. The summed E-state index contributed by atoms with van der Waals surface area (Å²) in [5.74, 6) is 2.99. The molecule has 180 valence electrons. The van der Waals surface area contributed by atoms with Crippen LogP contribution in [0.25, 0.3) is 0 Å². The van der Waals surface area contributed by atoms with Gasteiger partial charge < -0.3 is 14.5 Å². The van der Waals surface area contributed by atoms with Gasteiger partial charge in [0.25, 0.3) is 0 Å². The lowest BCUT2D eigenvalue weighted by Crippen LogP contribution is -2.46. The third-order valence-corrected chi connectivity index (χ3v) is 8.08. The minimum absolute atomic E-state index is 0.0294. The van der Waals surface area contributed by atoms with Crippen molar-refractivity contribution in [1.29, 1.82) is 0 Å². The van der Waals surface area contributed by atoms with Gasteiger partial charge in [-0.2, -0.15) is 0 Å². The molecule has 3 unspecified atom stereocenters. The van der Waals surface area contributed by atoms with Crippen molar-refractivity contribution in [3.05, 3.63) is 37.7 Å². The molecule has 3 rings (SSSR count). The monoisotopic (exact) mass is 442 g/mol. The van der Waals surface area contributed by atoms with E-state index in [9.17, 15) is 4.79 Å². The van der Waals surface area contributed by atoms with Crippen molar-refractivity contribution < 1.29 is 9.53 Å². The van der Waals surface area contributed by atoms with Crippen LogP contribution in [0.1, 0.15) is 72.1 Å². The lowest BCUT2D eigenvalue weighted by Gasteiger charge is -2.43. The molecule has 32 heavy (non-hydrogen) atoms. The molecule has 0 saturated heterocycles. The molecule has 1 heterocycles. The number of esters is 1. The van der Waals surface area contributed by atoms with Gasteiger partial charge in [0.15, 0.2) is 0 Å². The fraction of sp³-hybridized carbons (Fsp3) is 0.750. The average Bonchev–Trinajstić information content (AvgIpc) is 3.39. The molecule has 0 aromatic carbocycles. The highest BCUT2D eigenvalue weighted by Gasteiger charge is 2.37. The van der Waals surface area contributed by atoms with Crippen LogP contribution in [0.5, 0.6) is 0 Å². The third kappa shape index (κ3) is 6.42. The molecule has 0 amide bonds. The van der Waals surface area contributed by atoms with Gasteiger partial charge >= 0.3 is 5.97 Å². The molecule has 3 aliphatic rings. The maximum Gasteiger partial charge on any atom is 0.309 e. The Morgan fingerprint density at radius 3 is 2.38 bits per heavy atom. The largest absolute Gasteiger partial charge is 0.465 e. The van der Waals surface area contributed by atoms with Crippen LogP contribution in [0, 0.1) is 35.5 Å². The molecule has 4 heteroatoms. The molecular formula is C28H46N2O2. The standard InChI is InChI=1S/C28H46N2O2/c1-6-24-18-25(7-2)26(19-24)28(31)32-15-11-9-8-10-12-29-13-14-30(20-29)27-22(4)16-21(3)17-23(27)5/h6-7,13-14,21-27H,1-2,8-12,15-20H2,3-5H3/t21?,22-,23-,24?,25?,26?,27?/m1/s1. The highest BCUT2D eigenvalue weighted by molar-refractivity contribution is 5.73. The van der Waals surface area contributed by atoms with Crippen molar-refractivity contribution in [2.24, 2.45) is 35.5 Å². The summed E-state index contributed by atoms with van der Waals surface area (Å²) in [5, 5.41) is 0. The van der Waals surface area contributed by atoms with Crippen LogP contribution in [-0.4, -0.2) is 41.6 Å². The molecule has 5 atom stereocenters. The Balaban J connectivity index is 1.25. The van der Waals surface area contributed by atoms with E-state index in [1.54, 1.807) is 0 Å². The van der Waals surface area contributed by atoms with Crippen molar-refractivity contribution in [2.45, 2.75) is 78.2 Å². The molecule has 0 N–H and O–H groups in total. The number of nitrogens with zero attached hydrogens (tertiary/aromatic N) is 2. The summed E-state index contributed by atoms with van der Waals surface area (Å²) < 4.78 is 5.59. The van der Waals surface area contributed by atoms with Crippen LogP contribution in [0.2, 0.25) is 0 Å². The summed E-state index contributed by atoms with van der Waals surface area (Å²) in [5.41, 5.74) is 0. The zero-order chi connectivity index (χ0) is 23.1. The van der Waals surface area contributed by atoms with E-state index in [2.05, 4.69) is 56.1 Å². The van der Waals surface area contributed by atoms with E-state index in [-0.39, 0.29) is 17.8 Å². The minimum Gasteiger partial charge on any atom is -0.465 e. The van der Waals surface area contributed by atoms with E-state index in [1.165, 1.54) is 25.7 Å². The predicted octanol–water partition coefficient (Wildman–Crippen LogP) is 6.22. The first-order chi connectivity index (χ1) is 15.4. The number of ether oxygens (including phenoxy) is 1. The second-order valence-corrected chi connectivity index (χ2v) is 10.8. The molecule has 1 aliphatic heterocycles. The van der Waals surface area contributed by atoms with Crippen LogP contribution in [-0.2, 0) is 9.53 Å². The molecule has 2 aliphatic carbocycles. The normalized spacial score (nSPS) is 34.7. The fourth-order valence-electron chi connectivity index (χ4n) is 6.57. The first kappa shape index (κ1) is 24.9. The topological polar surface area (TPSA) is 32.8 Å². The summed E-state index contributed by atoms with van der Waals surface area (Å²) in [6, 6.07) is 0.685. The van der Waals surface area contributed by atoms with Gasteiger partial charge in [-0.3, -0.25) is 4.79 Å². The molecule has 2 saturated carbocycles. The van der Waals surface area contributed by atoms with Gasteiger partial charge in [-0.05, 0) is 74.5 Å². The average molecular weight is 443 g/mol. The predicted molar refractivity (Wildman–Crippen MR) is 133 cm³/mol. The summed E-state index contributed by atoms with van der Waals surface area (Å²) in [6.07, 6.45) is 17.5. The Bertz CT molecular complexity index is 648. The van der Waals surface area contributed by atoms with Crippen molar-refractivity contribution >= 4 is 5.97 Å². The third-order valence-electron chi connectivity index (χ3n) is 8.08. The minimum atomic E-state index is -0.0397. The lowest BCUT2D eigenvalue weighted by atomic mass is 9.73. The van der Waals surface area contributed by atoms with Crippen molar-refractivity contribution in [2.75, 3.05) is 19.8 Å². The van der Waals surface area contributed by atoms with Gasteiger partial charge in [-0.25, -0.2) is 0 Å². The number of hydrogen-bond acceptors (Lipinski definition) is 4. The first-order valence-electron chi connectivity index (χ1n) is 13.0. The zero-order valence-electron chi connectivity index (χ0n) is 20.8. The highest BCUT2D eigenvalue weighted by Crippen LogP contribution is 2.39. The second-order valence-electron chi connectivity index (χ2n) is 10.8. The van der Waals surface area contributed by atoms with Crippen LogP contribution in [0.15, 0.2) is 37.7 Å². The van der Waals surface area contributed by atoms with Gasteiger partial charge in [0.05, 0.1) is 19.2 Å². The van der Waals surface area contributed by atoms with Gasteiger partial charge in [0.2, 0.25) is 0 Å². The Kier molecular flexibility index (Phi) is 9.31. The maximum absolute atomic E-state index is 12.4. The van der Waals surface area contributed by atoms with Crippen LogP contribution in [0.4, 0.5) is 0 Å².